The molecular formula is C14H11ClO2S. The van der Waals surface area contributed by atoms with Crippen molar-refractivity contribution in [2.75, 3.05) is 0 Å². The molecule has 0 unspecified atom stereocenters. The van der Waals surface area contributed by atoms with Crippen molar-refractivity contribution in [1.82, 2.24) is 0 Å². The Labute approximate surface area is 115 Å². The monoisotopic (exact) mass is 278 g/mol. The van der Waals surface area contributed by atoms with Gasteiger partial charge in [0, 0.05) is 14.8 Å². The van der Waals surface area contributed by atoms with E-state index in [0.29, 0.717) is 9.92 Å². The average Bonchev–Trinajstić information content (AvgIpc) is 2.28. The van der Waals surface area contributed by atoms with Crippen LogP contribution in [0.5, 0.6) is 0 Å². The number of hydrogen-bond donors (Lipinski definition) is 1. The highest BCUT2D eigenvalue weighted by molar-refractivity contribution is 7.99. The van der Waals surface area contributed by atoms with Gasteiger partial charge in [0.1, 0.15) is 0 Å². The first-order valence-electron chi connectivity index (χ1n) is 5.33. The Morgan fingerprint density at radius 3 is 2.67 bits per heavy atom. The van der Waals surface area contributed by atoms with Crippen LogP contribution in [0.4, 0.5) is 0 Å². The summed E-state index contributed by atoms with van der Waals surface area (Å²) in [6.07, 6.45) is 0. The van der Waals surface area contributed by atoms with Gasteiger partial charge in [-0.3, -0.25) is 0 Å². The smallest absolute Gasteiger partial charge is 0.336 e. The molecule has 2 aromatic carbocycles. The second-order valence-corrected chi connectivity index (χ2v) is 5.42. The maximum absolute atomic E-state index is 11.1. The van der Waals surface area contributed by atoms with E-state index >= 15 is 0 Å². The van der Waals surface area contributed by atoms with Crippen molar-refractivity contribution in [2.24, 2.45) is 0 Å². The Bertz CT molecular complexity index is 596. The van der Waals surface area contributed by atoms with Crippen molar-refractivity contribution in [3.8, 4) is 0 Å². The number of carboxylic acids is 1. The highest BCUT2D eigenvalue weighted by Crippen LogP contribution is 2.32. The topological polar surface area (TPSA) is 37.3 Å². The Morgan fingerprint density at radius 2 is 2.00 bits per heavy atom. The number of carbonyl (C=O) groups is 1. The predicted molar refractivity (Wildman–Crippen MR) is 73.7 cm³/mol. The van der Waals surface area contributed by atoms with Gasteiger partial charge in [-0.05, 0) is 37.3 Å². The minimum absolute atomic E-state index is 0.269. The number of benzene rings is 2. The van der Waals surface area contributed by atoms with E-state index in [2.05, 4.69) is 0 Å². The van der Waals surface area contributed by atoms with Crippen LogP contribution < -0.4 is 0 Å². The summed E-state index contributed by atoms with van der Waals surface area (Å²) >= 11 is 7.32. The maximum atomic E-state index is 11.1. The molecule has 0 bridgehead atoms. The third-order valence-electron chi connectivity index (χ3n) is 2.39. The largest absolute Gasteiger partial charge is 0.478 e. The van der Waals surface area contributed by atoms with Gasteiger partial charge in [-0.1, -0.05) is 41.1 Å². The van der Waals surface area contributed by atoms with Crippen molar-refractivity contribution < 1.29 is 9.90 Å². The van der Waals surface area contributed by atoms with Crippen LogP contribution in [-0.4, -0.2) is 11.1 Å². The second kappa shape index (κ2) is 5.46. The fraction of sp³-hybridized carbons (Fsp3) is 0.0714. The van der Waals surface area contributed by atoms with Gasteiger partial charge >= 0.3 is 5.97 Å². The Kier molecular flexibility index (Phi) is 3.94. The molecule has 0 aliphatic heterocycles. The van der Waals surface area contributed by atoms with E-state index < -0.39 is 5.97 Å². The van der Waals surface area contributed by atoms with Crippen molar-refractivity contribution in [2.45, 2.75) is 16.7 Å². The lowest BCUT2D eigenvalue weighted by Gasteiger charge is -2.07. The van der Waals surface area contributed by atoms with Crippen LogP contribution in [0.25, 0.3) is 0 Å². The molecule has 2 rings (SSSR count). The van der Waals surface area contributed by atoms with Gasteiger partial charge in [0.2, 0.25) is 0 Å². The van der Waals surface area contributed by atoms with Gasteiger partial charge in [-0.2, -0.15) is 0 Å². The molecule has 2 aromatic rings. The highest BCUT2D eigenvalue weighted by Gasteiger charge is 2.11. The molecule has 0 fully saturated rings. The van der Waals surface area contributed by atoms with Crippen molar-refractivity contribution in [1.29, 1.82) is 0 Å². The lowest BCUT2D eigenvalue weighted by molar-refractivity contribution is 0.0693. The Morgan fingerprint density at radius 1 is 1.22 bits per heavy atom. The molecule has 92 valence electrons. The maximum Gasteiger partial charge on any atom is 0.336 e. The standard InChI is InChI=1S/C14H11ClO2S/c1-9-3-2-4-11(7-9)18-13-8-10(15)5-6-12(13)14(16)17/h2-8H,1H3,(H,16,17). The average molecular weight is 279 g/mol. The Hall–Kier alpha value is -1.45. The van der Waals surface area contributed by atoms with E-state index in [-0.39, 0.29) is 5.56 Å². The van der Waals surface area contributed by atoms with Crippen LogP contribution in [0.15, 0.2) is 52.3 Å². The zero-order valence-corrected chi connectivity index (χ0v) is 11.3. The molecule has 0 radical (unpaired) electrons. The van der Waals surface area contributed by atoms with Crippen LogP contribution in [0.2, 0.25) is 5.02 Å². The van der Waals surface area contributed by atoms with Gasteiger partial charge in [0.05, 0.1) is 5.56 Å². The molecule has 4 heteroatoms. The van der Waals surface area contributed by atoms with E-state index in [1.54, 1.807) is 12.1 Å². The summed E-state index contributed by atoms with van der Waals surface area (Å²) in [5, 5.41) is 9.67. The molecule has 0 amide bonds. The fourth-order valence-corrected chi connectivity index (χ4v) is 2.90. The first-order chi connectivity index (χ1) is 8.56. The third kappa shape index (κ3) is 3.06. The quantitative estimate of drug-likeness (QED) is 0.898. The minimum Gasteiger partial charge on any atom is -0.478 e. The summed E-state index contributed by atoms with van der Waals surface area (Å²) in [6.45, 7) is 2.00. The van der Waals surface area contributed by atoms with Crippen molar-refractivity contribution in [3.63, 3.8) is 0 Å². The first-order valence-corrected chi connectivity index (χ1v) is 6.53. The van der Waals surface area contributed by atoms with E-state index in [0.717, 1.165) is 10.5 Å². The third-order valence-corrected chi connectivity index (χ3v) is 3.67. The minimum atomic E-state index is -0.943. The van der Waals surface area contributed by atoms with Crippen LogP contribution in [0, 0.1) is 6.92 Å². The lowest BCUT2D eigenvalue weighted by atomic mass is 10.2. The molecule has 1 N–H and O–H groups in total. The predicted octanol–water partition coefficient (Wildman–Crippen LogP) is 4.50. The number of rotatable bonds is 3. The SMILES string of the molecule is Cc1cccc(Sc2cc(Cl)ccc2C(=O)O)c1. The molecule has 0 aromatic heterocycles. The summed E-state index contributed by atoms with van der Waals surface area (Å²) in [5.74, 6) is -0.943. The second-order valence-electron chi connectivity index (χ2n) is 3.86. The molecule has 0 heterocycles. The highest BCUT2D eigenvalue weighted by atomic mass is 35.5. The zero-order chi connectivity index (χ0) is 13.1. The normalized spacial score (nSPS) is 10.3. The van der Waals surface area contributed by atoms with Gasteiger partial charge < -0.3 is 5.11 Å². The van der Waals surface area contributed by atoms with E-state index in [4.69, 9.17) is 16.7 Å². The van der Waals surface area contributed by atoms with Crippen LogP contribution >= 0.6 is 23.4 Å². The molecule has 0 saturated carbocycles. The number of hydrogen-bond acceptors (Lipinski definition) is 2. The molecule has 0 aliphatic rings. The number of aromatic carboxylic acids is 1. The van der Waals surface area contributed by atoms with Crippen LogP contribution in [0.3, 0.4) is 0 Å². The molecule has 0 aliphatic carbocycles. The van der Waals surface area contributed by atoms with Gasteiger partial charge in [-0.25, -0.2) is 4.79 Å². The molecule has 18 heavy (non-hydrogen) atoms. The van der Waals surface area contributed by atoms with E-state index in [1.165, 1.54) is 17.8 Å². The van der Waals surface area contributed by atoms with Crippen molar-refractivity contribution in [3.05, 3.63) is 58.6 Å². The molecule has 0 spiro atoms. The van der Waals surface area contributed by atoms with Gasteiger partial charge in [0.25, 0.3) is 0 Å². The van der Waals surface area contributed by atoms with E-state index in [1.807, 2.05) is 31.2 Å². The number of aryl methyl sites for hydroxylation is 1. The summed E-state index contributed by atoms with van der Waals surface area (Å²) < 4.78 is 0. The molecular weight excluding hydrogens is 268 g/mol. The number of halogens is 1. The van der Waals surface area contributed by atoms with Crippen LogP contribution in [0.1, 0.15) is 15.9 Å². The summed E-state index contributed by atoms with van der Waals surface area (Å²) in [6, 6.07) is 12.7. The van der Waals surface area contributed by atoms with Crippen molar-refractivity contribution >= 4 is 29.3 Å². The van der Waals surface area contributed by atoms with Crippen LogP contribution in [-0.2, 0) is 0 Å². The lowest BCUT2D eigenvalue weighted by Crippen LogP contribution is -1.98. The van der Waals surface area contributed by atoms with Gasteiger partial charge in [-0.15, -0.1) is 0 Å². The Balaban J connectivity index is 2.39. The molecule has 0 saturated heterocycles. The number of carboxylic acid groups (broad SMARTS) is 1. The zero-order valence-electron chi connectivity index (χ0n) is 9.68. The summed E-state index contributed by atoms with van der Waals surface area (Å²) in [5.41, 5.74) is 1.41. The summed E-state index contributed by atoms with van der Waals surface area (Å²) in [4.78, 5) is 12.8. The van der Waals surface area contributed by atoms with Gasteiger partial charge in [0.15, 0.2) is 0 Å². The summed E-state index contributed by atoms with van der Waals surface area (Å²) in [7, 11) is 0. The van der Waals surface area contributed by atoms with E-state index in [9.17, 15) is 4.79 Å². The fourth-order valence-electron chi connectivity index (χ4n) is 1.56. The first kappa shape index (κ1) is 13.0. The molecule has 0 atom stereocenters. The molecule has 2 nitrogen and oxygen atoms in total.